The molecule has 3 nitrogen and oxygen atoms in total. The van der Waals surface area contributed by atoms with E-state index in [1.54, 1.807) is 19.1 Å². The fraction of sp³-hybridized carbons (Fsp3) is 0.409. The van der Waals surface area contributed by atoms with Crippen LogP contribution in [0.15, 0.2) is 30.3 Å². The Balaban J connectivity index is 1.90. The van der Waals surface area contributed by atoms with Crippen LogP contribution in [0.4, 0.5) is 4.39 Å². The van der Waals surface area contributed by atoms with Crippen molar-refractivity contribution in [1.82, 2.24) is 4.90 Å². The van der Waals surface area contributed by atoms with Gasteiger partial charge in [0.2, 0.25) is 0 Å². The summed E-state index contributed by atoms with van der Waals surface area (Å²) >= 11 is 0. The smallest absolute Gasteiger partial charge is 0.310 e. The van der Waals surface area contributed by atoms with E-state index < -0.39 is 0 Å². The minimum Gasteiger partial charge on any atom is -0.426 e. The van der Waals surface area contributed by atoms with E-state index in [4.69, 9.17) is 4.74 Å². The molecule has 4 heteroatoms. The van der Waals surface area contributed by atoms with Crippen LogP contribution in [-0.2, 0) is 17.6 Å². The molecule has 0 N–H and O–H groups in total. The van der Waals surface area contributed by atoms with E-state index in [1.807, 2.05) is 12.1 Å². The first-order valence-corrected chi connectivity index (χ1v) is 9.51. The first kappa shape index (κ1) is 17.2. The third-order valence-electron chi connectivity index (χ3n) is 5.49. The Kier molecular flexibility index (Phi) is 4.53. The van der Waals surface area contributed by atoms with Gasteiger partial charge in [-0.2, -0.15) is 0 Å². The van der Waals surface area contributed by atoms with Gasteiger partial charge in [0.05, 0.1) is 0 Å². The molecule has 26 heavy (non-hydrogen) atoms. The van der Waals surface area contributed by atoms with E-state index >= 15 is 0 Å². The molecule has 0 radical (unpaired) electrons. The molecule has 0 amide bonds. The van der Waals surface area contributed by atoms with Gasteiger partial charge in [-0.15, -0.1) is 0 Å². The number of ether oxygens (including phenoxy) is 1. The summed E-state index contributed by atoms with van der Waals surface area (Å²) in [5, 5.41) is 0. The van der Waals surface area contributed by atoms with Crippen LogP contribution < -0.4 is 4.74 Å². The maximum atomic E-state index is 14.4. The minimum atomic E-state index is -0.265. The van der Waals surface area contributed by atoms with Crippen molar-refractivity contribution in [3.63, 3.8) is 0 Å². The fourth-order valence-electron chi connectivity index (χ4n) is 4.41. The molecule has 136 valence electrons. The van der Waals surface area contributed by atoms with Crippen LogP contribution in [0.5, 0.6) is 5.75 Å². The second-order valence-electron chi connectivity index (χ2n) is 7.15. The zero-order valence-corrected chi connectivity index (χ0v) is 15.3. The Morgan fingerprint density at radius 2 is 2.12 bits per heavy atom. The summed E-state index contributed by atoms with van der Waals surface area (Å²) < 4.78 is 20.0. The molecule has 2 aromatic rings. The summed E-state index contributed by atoms with van der Waals surface area (Å²) in [5.41, 5.74) is 5.23. The highest BCUT2D eigenvalue weighted by molar-refractivity contribution is 5.83. The summed E-state index contributed by atoms with van der Waals surface area (Å²) in [6.07, 6.45) is 3.16. The van der Waals surface area contributed by atoms with Crippen molar-refractivity contribution in [1.29, 1.82) is 0 Å². The van der Waals surface area contributed by atoms with Crippen LogP contribution >= 0.6 is 0 Å². The molecule has 0 bridgehead atoms. The normalized spacial score (nSPS) is 18.2. The topological polar surface area (TPSA) is 29.5 Å². The number of fused-ring (bicyclic) bond motifs is 2. The summed E-state index contributed by atoms with van der Waals surface area (Å²) in [7, 11) is 0. The number of halogens is 1. The molecule has 0 fully saturated rings. The van der Waals surface area contributed by atoms with Crippen LogP contribution in [0.1, 0.15) is 49.4 Å². The van der Waals surface area contributed by atoms with Crippen molar-refractivity contribution in [2.24, 2.45) is 0 Å². The molecule has 1 aliphatic carbocycles. The van der Waals surface area contributed by atoms with Crippen LogP contribution in [-0.4, -0.2) is 24.0 Å². The van der Waals surface area contributed by atoms with Gasteiger partial charge in [-0.3, -0.25) is 9.69 Å². The second kappa shape index (κ2) is 6.84. The highest BCUT2D eigenvalue weighted by Gasteiger charge is 2.35. The Morgan fingerprint density at radius 3 is 2.88 bits per heavy atom. The molecule has 0 aromatic heterocycles. The second-order valence-corrected chi connectivity index (χ2v) is 7.15. The Labute approximate surface area is 153 Å². The number of carbonyl (C=O) groups is 1. The van der Waals surface area contributed by atoms with Gasteiger partial charge in [0.25, 0.3) is 0 Å². The predicted molar refractivity (Wildman–Crippen MR) is 99.8 cm³/mol. The van der Waals surface area contributed by atoms with E-state index in [1.165, 1.54) is 5.56 Å². The fourth-order valence-corrected chi connectivity index (χ4v) is 4.41. The van der Waals surface area contributed by atoms with E-state index in [0.717, 1.165) is 54.6 Å². The average molecular weight is 353 g/mol. The zero-order valence-electron chi connectivity index (χ0n) is 15.3. The van der Waals surface area contributed by atoms with Gasteiger partial charge in [-0.1, -0.05) is 26.0 Å². The number of rotatable bonds is 4. The van der Waals surface area contributed by atoms with Gasteiger partial charge >= 0.3 is 5.97 Å². The first-order chi connectivity index (χ1) is 12.6. The molecule has 1 unspecified atom stereocenters. The first-order valence-electron chi connectivity index (χ1n) is 9.51. The van der Waals surface area contributed by atoms with Crippen LogP contribution in [0.2, 0.25) is 0 Å². The van der Waals surface area contributed by atoms with Crippen molar-refractivity contribution < 1.29 is 13.9 Å². The third-order valence-corrected chi connectivity index (χ3v) is 5.49. The van der Waals surface area contributed by atoms with Gasteiger partial charge in [0, 0.05) is 24.6 Å². The van der Waals surface area contributed by atoms with E-state index in [0.29, 0.717) is 12.2 Å². The minimum absolute atomic E-state index is 0.217. The molecular formula is C22H24FNO2. The van der Waals surface area contributed by atoms with Crippen LogP contribution in [0.3, 0.4) is 0 Å². The molecule has 1 atom stereocenters. The molecule has 2 aromatic carbocycles. The van der Waals surface area contributed by atoms with Crippen LogP contribution in [0, 0.1) is 5.82 Å². The highest BCUT2D eigenvalue weighted by Crippen LogP contribution is 2.48. The van der Waals surface area contributed by atoms with Crippen molar-refractivity contribution in [3.8, 4) is 16.9 Å². The number of hydrogen-bond donors (Lipinski definition) is 0. The number of nitrogens with zero attached hydrogens (tertiary/aromatic N) is 1. The number of hydrogen-bond acceptors (Lipinski definition) is 3. The number of carbonyl (C=O) groups excluding carboxylic acids is 1. The van der Waals surface area contributed by atoms with Crippen molar-refractivity contribution in [3.05, 3.63) is 52.8 Å². The van der Waals surface area contributed by atoms with Crippen molar-refractivity contribution in [2.45, 2.75) is 45.6 Å². The molecule has 4 rings (SSSR count). The van der Waals surface area contributed by atoms with E-state index in [-0.39, 0.29) is 17.8 Å². The molecule has 0 saturated carbocycles. The molecule has 0 spiro atoms. The molecule has 0 saturated heterocycles. The van der Waals surface area contributed by atoms with Gasteiger partial charge in [-0.05, 0) is 66.3 Å². The lowest BCUT2D eigenvalue weighted by atomic mass is 9.76. The standard InChI is InChI=1S/C22H24FNO2/c1-3-9-24-10-8-15-11-16(23)13-17-21(15)18(24)12-14-6-5-7-19(22(14)17)26-20(25)4-2/h5-7,11,13,18H,3-4,8-10,12H2,1-2H3. The summed E-state index contributed by atoms with van der Waals surface area (Å²) in [4.78, 5) is 14.4. The van der Waals surface area contributed by atoms with E-state index in [9.17, 15) is 9.18 Å². The summed E-state index contributed by atoms with van der Waals surface area (Å²) in [5.74, 6) is 0.0672. The highest BCUT2D eigenvalue weighted by atomic mass is 19.1. The largest absolute Gasteiger partial charge is 0.426 e. The van der Waals surface area contributed by atoms with Crippen molar-refractivity contribution in [2.75, 3.05) is 13.1 Å². The van der Waals surface area contributed by atoms with Gasteiger partial charge in [0.15, 0.2) is 0 Å². The summed E-state index contributed by atoms with van der Waals surface area (Å²) in [6, 6.07) is 9.39. The molecule has 2 aliphatic rings. The van der Waals surface area contributed by atoms with E-state index in [2.05, 4.69) is 17.9 Å². The monoisotopic (exact) mass is 353 g/mol. The third kappa shape index (κ3) is 2.82. The predicted octanol–water partition coefficient (Wildman–Crippen LogP) is 4.67. The number of esters is 1. The van der Waals surface area contributed by atoms with Crippen LogP contribution in [0.25, 0.3) is 11.1 Å². The Morgan fingerprint density at radius 1 is 1.27 bits per heavy atom. The maximum absolute atomic E-state index is 14.4. The van der Waals surface area contributed by atoms with Crippen molar-refractivity contribution >= 4 is 5.97 Å². The molecule has 1 aliphatic heterocycles. The van der Waals surface area contributed by atoms with Gasteiger partial charge in [0.1, 0.15) is 11.6 Å². The SMILES string of the molecule is CCCN1CCc2cc(F)cc3c2C1Cc1cccc(OC(=O)CC)c1-3. The quantitative estimate of drug-likeness (QED) is 0.591. The molecular weight excluding hydrogens is 329 g/mol. The Hall–Kier alpha value is -2.20. The zero-order chi connectivity index (χ0) is 18.3. The number of benzene rings is 2. The van der Waals surface area contributed by atoms with Gasteiger partial charge < -0.3 is 4.74 Å². The average Bonchev–Trinajstić information content (AvgIpc) is 2.63. The lowest BCUT2D eigenvalue weighted by Crippen LogP contribution is -2.39. The van der Waals surface area contributed by atoms with Gasteiger partial charge in [-0.25, -0.2) is 4.39 Å². The molecule has 1 heterocycles. The lowest BCUT2D eigenvalue weighted by Gasteiger charge is -2.42. The summed E-state index contributed by atoms with van der Waals surface area (Å²) in [6.45, 7) is 5.98. The lowest BCUT2D eigenvalue weighted by molar-refractivity contribution is -0.133. The maximum Gasteiger partial charge on any atom is 0.310 e. The Bertz CT molecular complexity index is 861.